The Morgan fingerprint density at radius 3 is 2.54 bits per heavy atom. The van der Waals surface area contributed by atoms with Crippen molar-refractivity contribution < 1.29 is 4.79 Å². The van der Waals surface area contributed by atoms with Crippen LogP contribution in [0.25, 0.3) is 10.9 Å². The van der Waals surface area contributed by atoms with Crippen molar-refractivity contribution in [2.24, 2.45) is 0 Å². The molecule has 0 aliphatic rings. The summed E-state index contributed by atoms with van der Waals surface area (Å²) in [6.07, 6.45) is 3.24. The molecule has 1 amide bonds. The van der Waals surface area contributed by atoms with Gasteiger partial charge >= 0.3 is 0 Å². The predicted molar refractivity (Wildman–Crippen MR) is 97.8 cm³/mol. The molecule has 0 spiro atoms. The number of benzene rings is 1. The molecule has 8 heteroatoms. The summed E-state index contributed by atoms with van der Waals surface area (Å²) in [6.45, 7) is 6.19. The molecule has 0 bridgehead atoms. The first-order valence-corrected chi connectivity index (χ1v) is 8.29. The van der Waals surface area contributed by atoms with E-state index in [9.17, 15) is 9.59 Å². The van der Waals surface area contributed by atoms with Crippen LogP contribution in [-0.2, 0) is 16.8 Å². The zero-order valence-electron chi connectivity index (χ0n) is 14.9. The van der Waals surface area contributed by atoms with E-state index < -0.39 is 0 Å². The van der Waals surface area contributed by atoms with Gasteiger partial charge in [-0.05, 0) is 12.1 Å². The number of anilines is 1. The summed E-state index contributed by atoms with van der Waals surface area (Å²) in [4.78, 5) is 33.0. The van der Waals surface area contributed by atoms with Crippen molar-refractivity contribution in [3.8, 4) is 0 Å². The summed E-state index contributed by atoms with van der Waals surface area (Å²) in [5, 5.41) is 11.1. The Morgan fingerprint density at radius 1 is 1.15 bits per heavy atom. The van der Waals surface area contributed by atoms with E-state index in [4.69, 9.17) is 0 Å². The van der Waals surface area contributed by atoms with E-state index in [-0.39, 0.29) is 29.8 Å². The fraction of sp³-hybridized carbons (Fsp3) is 0.333. The fourth-order valence-corrected chi connectivity index (χ4v) is 2.38. The highest BCUT2D eigenvalue weighted by molar-refractivity contribution is 5.90. The lowest BCUT2D eigenvalue weighted by Gasteiger charge is -2.16. The summed E-state index contributed by atoms with van der Waals surface area (Å²) in [7, 11) is 0. The van der Waals surface area contributed by atoms with Crippen LogP contribution in [0.1, 0.15) is 33.0 Å². The van der Waals surface area contributed by atoms with E-state index >= 15 is 0 Å². The van der Waals surface area contributed by atoms with Gasteiger partial charge in [-0.2, -0.15) is 0 Å². The van der Waals surface area contributed by atoms with Crippen molar-refractivity contribution in [2.45, 2.75) is 39.2 Å². The second kappa shape index (κ2) is 6.99. The molecule has 8 nitrogen and oxygen atoms in total. The van der Waals surface area contributed by atoms with Gasteiger partial charge in [-0.1, -0.05) is 38.1 Å². The van der Waals surface area contributed by atoms with Gasteiger partial charge in [0.05, 0.1) is 30.0 Å². The molecule has 26 heavy (non-hydrogen) atoms. The minimum atomic E-state index is -0.263. The molecule has 0 saturated carbocycles. The number of fused-ring (bicyclic) bond motifs is 1. The number of amides is 1. The topological polar surface area (TPSA) is 103 Å². The molecule has 0 unspecified atom stereocenters. The van der Waals surface area contributed by atoms with Crippen LogP contribution in [0.4, 0.5) is 5.69 Å². The van der Waals surface area contributed by atoms with Gasteiger partial charge in [0, 0.05) is 11.8 Å². The molecule has 2 aromatic heterocycles. The predicted octanol–water partition coefficient (Wildman–Crippen LogP) is 1.91. The van der Waals surface area contributed by atoms with Gasteiger partial charge in [-0.3, -0.25) is 9.59 Å². The van der Waals surface area contributed by atoms with Gasteiger partial charge in [0.15, 0.2) is 0 Å². The number of carbonyl (C=O) groups is 1. The largest absolute Gasteiger partial charge is 0.323 e. The Labute approximate surface area is 150 Å². The van der Waals surface area contributed by atoms with Crippen LogP contribution in [0.15, 0.2) is 41.5 Å². The normalized spacial score (nSPS) is 11.5. The highest BCUT2D eigenvalue weighted by atomic mass is 16.2. The number of nitrogens with zero attached hydrogens (tertiary/aromatic N) is 5. The molecule has 3 aromatic rings. The molecule has 0 saturated heterocycles. The third-order valence-electron chi connectivity index (χ3n) is 3.79. The van der Waals surface area contributed by atoms with E-state index in [2.05, 4.69) is 25.6 Å². The maximum absolute atomic E-state index is 12.3. The Hall–Kier alpha value is -3.16. The lowest BCUT2D eigenvalue weighted by atomic mass is 9.96. The van der Waals surface area contributed by atoms with E-state index in [1.807, 2.05) is 20.8 Å². The molecule has 1 N–H and O–H groups in total. The molecule has 134 valence electrons. The molecule has 1 aromatic carbocycles. The van der Waals surface area contributed by atoms with Crippen molar-refractivity contribution >= 4 is 22.5 Å². The van der Waals surface area contributed by atoms with Gasteiger partial charge in [0.1, 0.15) is 11.3 Å². The van der Waals surface area contributed by atoms with Crippen molar-refractivity contribution in [1.82, 2.24) is 25.0 Å². The first-order valence-electron chi connectivity index (χ1n) is 8.29. The molecule has 3 rings (SSSR count). The molecule has 0 atom stereocenters. The average Bonchev–Trinajstić information content (AvgIpc) is 2.61. The van der Waals surface area contributed by atoms with Crippen LogP contribution in [0.3, 0.4) is 0 Å². The lowest BCUT2D eigenvalue weighted by Crippen LogP contribution is -2.26. The third kappa shape index (κ3) is 3.90. The number of rotatable bonds is 4. The number of aromatic nitrogens is 5. The van der Waals surface area contributed by atoms with Gasteiger partial charge in [0.25, 0.3) is 5.56 Å². The van der Waals surface area contributed by atoms with Crippen LogP contribution < -0.4 is 10.9 Å². The molecule has 0 aliphatic carbocycles. The third-order valence-corrected chi connectivity index (χ3v) is 3.79. The molecule has 0 fully saturated rings. The first kappa shape index (κ1) is 17.7. The standard InChI is InChI=1S/C18H20N6O2/c1-18(2,3)17-19-10-12(11-20-17)21-15(25)8-9-24-16(26)13-6-4-5-7-14(13)22-23-24/h4-7,10-11H,8-9H2,1-3H3,(H,21,25). The Kier molecular flexibility index (Phi) is 4.75. The number of aryl methyl sites for hydroxylation is 1. The van der Waals surface area contributed by atoms with Crippen LogP contribution in [0.2, 0.25) is 0 Å². The zero-order valence-corrected chi connectivity index (χ0v) is 14.9. The van der Waals surface area contributed by atoms with Gasteiger partial charge in [-0.25, -0.2) is 14.6 Å². The van der Waals surface area contributed by atoms with Crippen molar-refractivity contribution in [2.75, 3.05) is 5.32 Å². The van der Waals surface area contributed by atoms with Gasteiger partial charge < -0.3 is 5.32 Å². The summed E-state index contributed by atoms with van der Waals surface area (Å²) >= 11 is 0. The van der Waals surface area contributed by atoms with E-state index in [0.29, 0.717) is 22.4 Å². The first-order chi connectivity index (χ1) is 12.3. The summed E-state index contributed by atoms with van der Waals surface area (Å²) in [5.41, 5.74) is 0.633. The molecular weight excluding hydrogens is 332 g/mol. The summed E-state index contributed by atoms with van der Waals surface area (Å²) in [5.74, 6) is 0.451. The van der Waals surface area contributed by atoms with E-state index in [1.54, 1.807) is 36.7 Å². The fourth-order valence-electron chi connectivity index (χ4n) is 2.38. The minimum Gasteiger partial charge on any atom is -0.323 e. The van der Waals surface area contributed by atoms with Crippen LogP contribution in [0.5, 0.6) is 0 Å². The zero-order chi connectivity index (χ0) is 18.7. The summed E-state index contributed by atoms with van der Waals surface area (Å²) < 4.78 is 1.20. The van der Waals surface area contributed by atoms with Crippen molar-refractivity contribution in [3.63, 3.8) is 0 Å². The molecule has 0 aliphatic heterocycles. The number of carbonyl (C=O) groups excluding carboxylic acids is 1. The SMILES string of the molecule is CC(C)(C)c1ncc(NC(=O)CCn2nnc3ccccc3c2=O)cn1. The lowest BCUT2D eigenvalue weighted by molar-refractivity contribution is -0.116. The molecule has 2 heterocycles. The van der Waals surface area contributed by atoms with E-state index in [0.717, 1.165) is 0 Å². The number of hydrogen-bond donors (Lipinski definition) is 1. The maximum atomic E-state index is 12.3. The average molecular weight is 352 g/mol. The Balaban J connectivity index is 1.64. The Bertz CT molecular complexity index is 989. The molecule has 0 radical (unpaired) electrons. The monoisotopic (exact) mass is 352 g/mol. The van der Waals surface area contributed by atoms with Crippen LogP contribution in [0, 0.1) is 0 Å². The highest BCUT2D eigenvalue weighted by Crippen LogP contribution is 2.18. The maximum Gasteiger partial charge on any atom is 0.277 e. The van der Waals surface area contributed by atoms with Gasteiger partial charge in [0.2, 0.25) is 5.91 Å². The second-order valence-corrected chi connectivity index (χ2v) is 6.98. The smallest absolute Gasteiger partial charge is 0.277 e. The minimum absolute atomic E-state index is 0.0912. The van der Waals surface area contributed by atoms with Crippen molar-refractivity contribution in [3.05, 3.63) is 52.8 Å². The molecular formula is C18H20N6O2. The quantitative estimate of drug-likeness (QED) is 0.769. The summed E-state index contributed by atoms with van der Waals surface area (Å²) in [6, 6.07) is 6.98. The highest BCUT2D eigenvalue weighted by Gasteiger charge is 2.17. The van der Waals surface area contributed by atoms with Crippen molar-refractivity contribution in [1.29, 1.82) is 0 Å². The number of nitrogens with one attached hydrogen (secondary N) is 1. The number of hydrogen-bond acceptors (Lipinski definition) is 6. The van der Waals surface area contributed by atoms with E-state index in [1.165, 1.54) is 4.68 Å². The van der Waals surface area contributed by atoms with Crippen LogP contribution >= 0.6 is 0 Å². The second-order valence-electron chi connectivity index (χ2n) is 6.98. The Morgan fingerprint density at radius 2 is 1.85 bits per heavy atom. The van der Waals surface area contributed by atoms with Crippen LogP contribution in [-0.4, -0.2) is 30.9 Å². The van der Waals surface area contributed by atoms with Gasteiger partial charge in [-0.15, -0.1) is 5.10 Å².